The molecule has 2 heterocycles. The number of imidazole rings is 1. The normalized spacial score (nSPS) is 11.1. The molecule has 0 aliphatic carbocycles. The van der Waals surface area contributed by atoms with E-state index >= 15 is 0 Å². The summed E-state index contributed by atoms with van der Waals surface area (Å²) in [4.78, 5) is 13.5. The Morgan fingerprint density at radius 3 is 2.59 bits per heavy atom. The van der Waals surface area contributed by atoms with Crippen molar-refractivity contribution < 1.29 is 4.74 Å². The smallest absolute Gasteiger partial charge is 0.191 e. The first-order valence-corrected chi connectivity index (χ1v) is 10.8. The molecule has 0 spiro atoms. The van der Waals surface area contributed by atoms with E-state index in [0.29, 0.717) is 19.7 Å². The number of halogens is 1. The predicted octanol–water partition coefficient (Wildman–Crippen LogP) is 4.55. The van der Waals surface area contributed by atoms with Gasteiger partial charge in [-0.3, -0.25) is 4.57 Å². The lowest BCUT2D eigenvalue weighted by Gasteiger charge is -2.15. The summed E-state index contributed by atoms with van der Waals surface area (Å²) in [5.74, 6) is 3.46. The maximum absolute atomic E-state index is 5.92. The second-order valence-corrected chi connectivity index (χ2v) is 7.38. The van der Waals surface area contributed by atoms with Gasteiger partial charge in [-0.05, 0) is 50.5 Å². The summed E-state index contributed by atoms with van der Waals surface area (Å²) in [5.41, 5.74) is 3.35. The van der Waals surface area contributed by atoms with Gasteiger partial charge in [0.15, 0.2) is 5.96 Å². The lowest BCUT2D eigenvalue weighted by atomic mass is 10.1. The molecule has 0 unspecified atom stereocenters. The Hall–Kier alpha value is -2.62. The molecule has 7 nitrogen and oxygen atoms in total. The van der Waals surface area contributed by atoms with Gasteiger partial charge < -0.3 is 15.4 Å². The largest absolute Gasteiger partial charge is 0.493 e. The van der Waals surface area contributed by atoms with Crippen LogP contribution in [-0.2, 0) is 13.1 Å². The van der Waals surface area contributed by atoms with E-state index in [4.69, 9.17) is 9.73 Å². The van der Waals surface area contributed by atoms with Gasteiger partial charge in [-0.1, -0.05) is 25.1 Å². The first-order valence-electron chi connectivity index (χ1n) is 10.8. The van der Waals surface area contributed by atoms with E-state index in [0.717, 1.165) is 47.4 Å². The number of rotatable bonds is 9. The molecule has 32 heavy (non-hydrogen) atoms. The molecule has 0 aliphatic rings. The van der Waals surface area contributed by atoms with Gasteiger partial charge in [0.25, 0.3) is 0 Å². The van der Waals surface area contributed by atoms with Crippen molar-refractivity contribution in [2.45, 2.75) is 47.2 Å². The minimum absolute atomic E-state index is 0. The van der Waals surface area contributed by atoms with Crippen LogP contribution in [0.2, 0.25) is 0 Å². The molecule has 3 aromatic rings. The van der Waals surface area contributed by atoms with Gasteiger partial charge in [0.05, 0.1) is 13.2 Å². The van der Waals surface area contributed by atoms with Gasteiger partial charge in [0, 0.05) is 37.2 Å². The Kier molecular flexibility index (Phi) is 10.5. The number of aryl methyl sites for hydroxylation is 2. The predicted molar refractivity (Wildman–Crippen MR) is 140 cm³/mol. The fraction of sp³-hybridized carbons (Fsp3) is 0.375. The third-order valence-electron chi connectivity index (χ3n) is 4.78. The number of nitrogens with one attached hydrogen (secondary N) is 2. The molecular weight excluding hydrogens is 515 g/mol. The number of aromatic nitrogens is 3. The maximum atomic E-state index is 5.92. The average molecular weight is 548 g/mol. The van der Waals surface area contributed by atoms with E-state index in [2.05, 4.69) is 59.6 Å². The molecule has 0 saturated heterocycles. The summed E-state index contributed by atoms with van der Waals surface area (Å²) in [6, 6.07) is 10.3. The van der Waals surface area contributed by atoms with E-state index < -0.39 is 0 Å². The zero-order chi connectivity index (χ0) is 22.1. The van der Waals surface area contributed by atoms with Crippen molar-refractivity contribution in [2.75, 3.05) is 13.2 Å². The Morgan fingerprint density at radius 1 is 1.09 bits per heavy atom. The van der Waals surface area contributed by atoms with Crippen LogP contribution in [0.4, 0.5) is 0 Å². The van der Waals surface area contributed by atoms with E-state index in [-0.39, 0.29) is 24.0 Å². The fourth-order valence-electron chi connectivity index (χ4n) is 3.12. The van der Waals surface area contributed by atoms with E-state index in [1.807, 2.05) is 36.0 Å². The third-order valence-corrected chi connectivity index (χ3v) is 4.78. The first kappa shape index (κ1) is 25.6. The highest BCUT2D eigenvalue weighted by atomic mass is 127. The van der Waals surface area contributed by atoms with Gasteiger partial charge in [0.2, 0.25) is 0 Å². The van der Waals surface area contributed by atoms with Crippen LogP contribution in [0.1, 0.15) is 42.8 Å². The topological polar surface area (TPSA) is 76.4 Å². The molecule has 2 aromatic heterocycles. The van der Waals surface area contributed by atoms with Crippen LogP contribution in [0.3, 0.4) is 0 Å². The molecule has 3 rings (SSSR count). The lowest BCUT2D eigenvalue weighted by molar-refractivity contribution is 0.313. The highest BCUT2D eigenvalue weighted by Crippen LogP contribution is 2.20. The molecule has 0 bridgehead atoms. The van der Waals surface area contributed by atoms with Crippen molar-refractivity contribution in [3.8, 4) is 11.6 Å². The fourth-order valence-corrected chi connectivity index (χ4v) is 3.12. The van der Waals surface area contributed by atoms with Gasteiger partial charge >= 0.3 is 0 Å². The summed E-state index contributed by atoms with van der Waals surface area (Å²) in [6.45, 7) is 10.9. The van der Waals surface area contributed by atoms with E-state index in [9.17, 15) is 0 Å². The van der Waals surface area contributed by atoms with Gasteiger partial charge in [-0.25, -0.2) is 15.0 Å². The van der Waals surface area contributed by atoms with Gasteiger partial charge in [0.1, 0.15) is 17.4 Å². The SMILES string of the molecule is CCCOc1cc(C)ccc1CNC(=NCc1ccc(-n2ccnc2C)nc1)NCC.I. The zero-order valence-corrected chi connectivity index (χ0v) is 21.6. The molecule has 0 amide bonds. The number of hydrogen-bond donors (Lipinski definition) is 2. The Labute approximate surface area is 207 Å². The molecule has 8 heteroatoms. The number of nitrogens with zero attached hydrogens (tertiary/aromatic N) is 4. The highest BCUT2D eigenvalue weighted by molar-refractivity contribution is 14.0. The van der Waals surface area contributed by atoms with Crippen LogP contribution in [0.25, 0.3) is 5.82 Å². The van der Waals surface area contributed by atoms with E-state index in [1.54, 1.807) is 6.20 Å². The van der Waals surface area contributed by atoms with Crippen LogP contribution in [0.5, 0.6) is 5.75 Å². The van der Waals surface area contributed by atoms with Crippen LogP contribution in [0.15, 0.2) is 53.9 Å². The minimum Gasteiger partial charge on any atom is -0.493 e. The Balaban J connectivity index is 0.00000363. The van der Waals surface area contributed by atoms with Crippen molar-refractivity contribution >= 4 is 29.9 Å². The number of ether oxygens (including phenoxy) is 1. The molecular formula is C24H33IN6O. The number of hydrogen-bond acceptors (Lipinski definition) is 4. The van der Waals surface area contributed by atoms with Crippen LogP contribution in [-0.4, -0.2) is 33.6 Å². The molecule has 2 N–H and O–H groups in total. The molecule has 0 atom stereocenters. The molecule has 0 aliphatic heterocycles. The summed E-state index contributed by atoms with van der Waals surface area (Å²) in [6.07, 6.45) is 6.53. The summed E-state index contributed by atoms with van der Waals surface area (Å²) in [7, 11) is 0. The third kappa shape index (κ3) is 7.22. The Morgan fingerprint density at radius 2 is 1.94 bits per heavy atom. The lowest BCUT2D eigenvalue weighted by Crippen LogP contribution is -2.36. The van der Waals surface area contributed by atoms with Crippen molar-refractivity contribution in [1.29, 1.82) is 0 Å². The van der Waals surface area contributed by atoms with Crippen LogP contribution >= 0.6 is 24.0 Å². The number of aliphatic imine (C=N–C) groups is 1. The zero-order valence-electron chi connectivity index (χ0n) is 19.3. The molecule has 0 fully saturated rings. The van der Waals surface area contributed by atoms with Crippen LogP contribution in [0, 0.1) is 13.8 Å². The van der Waals surface area contributed by atoms with Crippen molar-refractivity contribution in [2.24, 2.45) is 4.99 Å². The minimum atomic E-state index is 0. The standard InChI is InChI=1S/C24H32N6O.HI/c1-5-13-31-22-14-18(3)7-9-21(22)17-29-24(25-6-2)28-16-20-8-10-23(27-15-20)30-12-11-26-19(30)4;/h7-12,14-15H,5-6,13,16-17H2,1-4H3,(H2,25,28,29);1H. The van der Waals surface area contributed by atoms with E-state index in [1.165, 1.54) is 5.56 Å². The Bertz CT molecular complexity index is 1000. The highest BCUT2D eigenvalue weighted by Gasteiger charge is 2.06. The van der Waals surface area contributed by atoms with Crippen molar-refractivity contribution in [3.05, 3.63) is 71.4 Å². The monoisotopic (exact) mass is 548 g/mol. The number of benzene rings is 1. The summed E-state index contributed by atoms with van der Waals surface area (Å²) in [5, 5.41) is 6.71. The van der Waals surface area contributed by atoms with Crippen molar-refractivity contribution in [1.82, 2.24) is 25.2 Å². The molecule has 1 aromatic carbocycles. The molecule has 0 saturated carbocycles. The molecule has 172 valence electrons. The summed E-state index contributed by atoms with van der Waals surface area (Å²) >= 11 is 0. The number of guanidine groups is 1. The van der Waals surface area contributed by atoms with Gasteiger partial charge in [-0.2, -0.15) is 0 Å². The molecule has 0 radical (unpaired) electrons. The van der Waals surface area contributed by atoms with Crippen LogP contribution < -0.4 is 15.4 Å². The van der Waals surface area contributed by atoms with Gasteiger partial charge in [-0.15, -0.1) is 24.0 Å². The quantitative estimate of drug-likeness (QED) is 0.233. The van der Waals surface area contributed by atoms with Crippen molar-refractivity contribution in [3.63, 3.8) is 0 Å². The maximum Gasteiger partial charge on any atom is 0.191 e. The summed E-state index contributed by atoms with van der Waals surface area (Å²) < 4.78 is 7.88. The average Bonchev–Trinajstić information content (AvgIpc) is 3.21. The first-order chi connectivity index (χ1) is 15.1. The second-order valence-electron chi connectivity index (χ2n) is 7.38. The second kappa shape index (κ2) is 13.0. The number of pyridine rings is 1.